The third-order valence-corrected chi connectivity index (χ3v) is 3.47. The van der Waals surface area contributed by atoms with Gasteiger partial charge in [0.05, 0.1) is 0 Å². The first kappa shape index (κ1) is 11.5. The summed E-state index contributed by atoms with van der Waals surface area (Å²) in [5, 5.41) is 0. The van der Waals surface area contributed by atoms with Gasteiger partial charge in [-0.25, -0.2) is 9.97 Å². The summed E-state index contributed by atoms with van der Waals surface area (Å²) >= 11 is 0. The van der Waals surface area contributed by atoms with Gasteiger partial charge >= 0.3 is 0 Å². The van der Waals surface area contributed by atoms with Crippen molar-refractivity contribution in [1.29, 1.82) is 0 Å². The summed E-state index contributed by atoms with van der Waals surface area (Å²) in [4.78, 5) is 10.7. The Morgan fingerprint density at radius 1 is 1.62 bits per heavy atom. The van der Waals surface area contributed by atoms with Crippen LogP contribution in [0.15, 0.2) is 18.6 Å². The van der Waals surface area contributed by atoms with Gasteiger partial charge in [0.2, 0.25) is 0 Å². The van der Waals surface area contributed by atoms with E-state index >= 15 is 0 Å². The van der Waals surface area contributed by atoms with Gasteiger partial charge in [-0.15, -0.1) is 0 Å². The van der Waals surface area contributed by atoms with Crippen LogP contribution in [0, 0.1) is 5.92 Å². The van der Waals surface area contributed by atoms with E-state index in [0.717, 1.165) is 12.2 Å². The fraction of sp³-hybridized carbons (Fsp3) is 0.667. The third kappa shape index (κ3) is 2.57. The lowest BCUT2D eigenvalue weighted by Crippen LogP contribution is -2.37. The highest BCUT2D eigenvalue weighted by Crippen LogP contribution is 2.29. The standard InChI is InChI=1S/C12H20N4/c1-16-6-2-3-10(8-16)11(7-13)12-4-5-14-9-15-12/h4-5,9-11H,2-3,6-8,13H2,1H3. The van der Waals surface area contributed by atoms with Crippen molar-refractivity contribution in [3.63, 3.8) is 0 Å². The SMILES string of the molecule is CN1CCCC(C(CN)c2ccncn2)C1. The second kappa shape index (κ2) is 5.37. The second-order valence-electron chi connectivity index (χ2n) is 4.64. The Hall–Kier alpha value is -1.00. The van der Waals surface area contributed by atoms with Gasteiger partial charge in [-0.05, 0) is 38.4 Å². The van der Waals surface area contributed by atoms with Crippen LogP contribution in [0.1, 0.15) is 24.5 Å². The highest BCUT2D eigenvalue weighted by Gasteiger charge is 2.26. The molecule has 0 bridgehead atoms. The van der Waals surface area contributed by atoms with Crippen molar-refractivity contribution in [2.45, 2.75) is 18.8 Å². The number of piperidine rings is 1. The van der Waals surface area contributed by atoms with Crippen LogP contribution in [0.25, 0.3) is 0 Å². The van der Waals surface area contributed by atoms with Gasteiger partial charge in [-0.1, -0.05) is 0 Å². The van der Waals surface area contributed by atoms with Crippen LogP contribution < -0.4 is 5.73 Å². The number of nitrogens with zero attached hydrogens (tertiary/aromatic N) is 3. The van der Waals surface area contributed by atoms with Crippen LogP contribution in [0.3, 0.4) is 0 Å². The molecule has 88 valence electrons. The Labute approximate surface area is 96.9 Å². The van der Waals surface area contributed by atoms with Crippen molar-refractivity contribution in [3.8, 4) is 0 Å². The molecule has 1 aliphatic heterocycles. The maximum atomic E-state index is 5.90. The molecule has 1 aromatic rings. The molecule has 2 atom stereocenters. The van der Waals surface area contributed by atoms with Crippen LogP contribution in [0.5, 0.6) is 0 Å². The van der Waals surface area contributed by atoms with E-state index in [0.29, 0.717) is 18.4 Å². The second-order valence-corrected chi connectivity index (χ2v) is 4.64. The van der Waals surface area contributed by atoms with Gasteiger partial charge in [0.15, 0.2) is 0 Å². The van der Waals surface area contributed by atoms with Gasteiger partial charge in [-0.2, -0.15) is 0 Å². The molecule has 1 aliphatic rings. The van der Waals surface area contributed by atoms with E-state index in [4.69, 9.17) is 5.73 Å². The summed E-state index contributed by atoms with van der Waals surface area (Å²) in [5.41, 5.74) is 7.00. The summed E-state index contributed by atoms with van der Waals surface area (Å²) in [6.07, 6.45) is 5.95. The minimum absolute atomic E-state index is 0.380. The number of nitrogens with two attached hydrogens (primary N) is 1. The van der Waals surface area contributed by atoms with E-state index < -0.39 is 0 Å². The monoisotopic (exact) mass is 220 g/mol. The topological polar surface area (TPSA) is 55.0 Å². The highest BCUT2D eigenvalue weighted by molar-refractivity contribution is 5.08. The first-order valence-electron chi connectivity index (χ1n) is 5.95. The summed E-state index contributed by atoms with van der Waals surface area (Å²) in [6, 6.07) is 1.99. The Bertz CT molecular complexity index is 314. The van der Waals surface area contributed by atoms with Gasteiger partial charge in [0.1, 0.15) is 6.33 Å². The Morgan fingerprint density at radius 3 is 3.12 bits per heavy atom. The summed E-state index contributed by atoms with van der Waals surface area (Å²) < 4.78 is 0. The smallest absolute Gasteiger partial charge is 0.115 e. The molecule has 0 amide bonds. The van der Waals surface area contributed by atoms with Gasteiger partial charge < -0.3 is 10.6 Å². The molecule has 2 rings (SSSR count). The number of aromatic nitrogens is 2. The summed E-state index contributed by atoms with van der Waals surface area (Å²) in [7, 11) is 2.18. The van der Waals surface area contributed by atoms with E-state index in [2.05, 4.69) is 21.9 Å². The lowest BCUT2D eigenvalue weighted by atomic mass is 9.83. The largest absolute Gasteiger partial charge is 0.330 e. The lowest BCUT2D eigenvalue weighted by Gasteiger charge is -2.34. The molecule has 16 heavy (non-hydrogen) atoms. The fourth-order valence-corrected chi connectivity index (χ4v) is 2.61. The molecule has 0 aliphatic carbocycles. The van der Waals surface area contributed by atoms with Crippen molar-refractivity contribution in [2.75, 3.05) is 26.7 Å². The minimum Gasteiger partial charge on any atom is -0.330 e. The molecule has 2 heterocycles. The van der Waals surface area contributed by atoms with Crippen LogP contribution >= 0.6 is 0 Å². The molecule has 2 unspecified atom stereocenters. The number of hydrogen-bond acceptors (Lipinski definition) is 4. The first-order valence-corrected chi connectivity index (χ1v) is 5.95. The fourth-order valence-electron chi connectivity index (χ4n) is 2.61. The van der Waals surface area contributed by atoms with E-state index in [1.54, 1.807) is 12.5 Å². The zero-order valence-electron chi connectivity index (χ0n) is 9.84. The number of hydrogen-bond donors (Lipinski definition) is 1. The zero-order chi connectivity index (χ0) is 11.4. The van der Waals surface area contributed by atoms with Gasteiger partial charge in [-0.3, -0.25) is 0 Å². The van der Waals surface area contributed by atoms with E-state index in [1.165, 1.54) is 19.4 Å². The van der Waals surface area contributed by atoms with E-state index in [-0.39, 0.29) is 0 Å². The predicted molar refractivity (Wildman–Crippen MR) is 64.0 cm³/mol. The minimum atomic E-state index is 0.380. The first-order chi connectivity index (χ1) is 7.81. The third-order valence-electron chi connectivity index (χ3n) is 3.47. The maximum Gasteiger partial charge on any atom is 0.115 e. The Morgan fingerprint density at radius 2 is 2.50 bits per heavy atom. The highest BCUT2D eigenvalue weighted by atomic mass is 15.1. The molecule has 0 saturated carbocycles. The molecular weight excluding hydrogens is 200 g/mol. The summed E-state index contributed by atoms with van der Waals surface area (Å²) in [6.45, 7) is 3.01. The molecule has 4 nitrogen and oxygen atoms in total. The normalized spacial score (nSPS) is 24.2. The molecule has 0 radical (unpaired) electrons. The van der Waals surface area contributed by atoms with Crippen molar-refractivity contribution >= 4 is 0 Å². The van der Waals surface area contributed by atoms with Crippen LogP contribution in [0.2, 0.25) is 0 Å². The Kier molecular flexibility index (Phi) is 3.85. The van der Waals surface area contributed by atoms with Crippen LogP contribution in [0.4, 0.5) is 0 Å². The predicted octanol–water partition coefficient (Wildman–Crippen LogP) is 0.861. The van der Waals surface area contributed by atoms with Crippen molar-refractivity contribution in [1.82, 2.24) is 14.9 Å². The molecule has 1 aromatic heterocycles. The molecule has 4 heteroatoms. The maximum absolute atomic E-state index is 5.90. The molecule has 0 aromatic carbocycles. The van der Waals surface area contributed by atoms with E-state index in [9.17, 15) is 0 Å². The van der Waals surface area contributed by atoms with E-state index in [1.807, 2.05) is 6.07 Å². The van der Waals surface area contributed by atoms with Crippen LogP contribution in [-0.4, -0.2) is 41.5 Å². The van der Waals surface area contributed by atoms with Crippen LogP contribution in [-0.2, 0) is 0 Å². The Balaban J connectivity index is 2.10. The molecule has 1 fully saturated rings. The summed E-state index contributed by atoms with van der Waals surface area (Å²) in [5.74, 6) is 1.02. The van der Waals surface area contributed by atoms with Gasteiger partial charge in [0, 0.05) is 30.9 Å². The molecule has 0 spiro atoms. The molecule has 1 saturated heterocycles. The lowest BCUT2D eigenvalue weighted by molar-refractivity contribution is 0.187. The van der Waals surface area contributed by atoms with Crippen molar-refractivity contribution < 1.29 is 0 Å². The number of likely N-dealkylation sites (tertiary alicyclic amines) is 1. The molecule has 2 N–H and O–H groups in total. The van der Waals surface area contributed by atoms with Crippen molar-refractivity contribution in [2.24, 2.45) is 11.7 Å². The quantitative estimate of drug-likeness (QED) is 0.821. The van der Waals surface area contributed by atoms with Crippen molar-refractivity contribution in [3.05, 3.63) is 24.3 Å². The van der Waals surface area contributed by atoms with Gasteiger partial charge in [0.25, 0.3) is 0 Å². The molecular formula is C12H20N4. The number of rotatable bonds is 3. The zero-order valence-corrected chi connectivity index (χ0v) is 9.84. The average Bonchev–Trinajstić information content (AvgIpc) is 2.31. The average molecular weight is 220 g/mol.